The number of likely N-dealkylation sites (tertiary alicyclic amines) is 1. The molecule has 1 aromatic rings. The Balaban J connectivity index is 1.71. The average molecular weight is 318 g/mol. The molecule has 1 amide bonds. The van der Waals surface area contributed by atoms with E-state index in [0.29, 0.717) is 17.5 Å². The first kappa shape index (κ1) is 16.5. The highest BCUT2D eigenvalue weighted by atomic mass is 16.2. The van der Waals surface area contributed by atoms with E-state index in [4.69, 9.17) is 0 Å². The van der Waals surface area contributed by atoms with Crippen LogP contribution < -0.4 is 5.32 Å². The fourth-order valence-electron chi connectivity index (χ4n) is 3.84. The normalized spacial score (nSPS) is 25.3. The molecule has 0 aromatic carbocycles. The van der Waals surface area contributed by atoms with Crippen molar-refractivity contribution in [2.45, 2.75) is 52.6 Å². The predicted molar refractivity (Wildman–Crippen MR) is 91.4 cm³/mol. The number of hydrogen-bond acceptors (Lipinski definition) is 3. The molecule has 2 atom stereocenters. The number of nitrogens with zero attached hydrogens (tertiary/aromatic N) is 3. The molecule has 1 N–H and O–H groups in total. The van der Waals surface area contributed by atoms with Crippen molar-refractivity contribution in [3.8, 4) is 0 Å². The van der Waals surface area contributed by atoms with Gasteiger partial charge in [0, 0.05) is 25.7 Å². The highest BCUT2D eigenvalue weighted by Gasteiger charge is 2.42. The maximum absolute atomic E-state index is 12.8. The number of carbonyl (C=O) groups excluding carboxylic acids is 1. The van der Waals surface area contributed by atoms with Crippen LogP contribution in [-0.2, 0) is 13.0 Å². The summed E-state index contributed by atoms with van der Waals surface area (Å²) < 4.78 is 1.85. The molecule has 23 heavy (non-hydrogen) atoms. The largest absolute Gasteiger partial charge is 0.346 e. The minimum Gasteiger partial charge on any atom is -0.346 e. The lowest BCUT2D eigenvalue weighted by Crippen LogP contribution is -2.41. The molecule has 1 aliphatic heterocycles. The van der Waals surface area contributed by atoms with Gasteiger partial charge in [-0.2, -0.15) is 5.10 Å². The molecule has 1 aromatic heterocycles. The number of rotatable bonds is 6. The maximum Gasteiger partial charge on any atom is 0.269 e. The Labute approximate surface area is 139 Å². The van der Waals surface area contributed by atoms with Gasteiger partial charge in [0.1, 0.15) is 5.69 Å². The summed E-state index contributed by atoms with van der Waals surface area (Å²) in [7, 11) is 2.15. The topological polar surface area (TPSA) is 50.2 Å². The molecule has 2 fully saturated rings. The molecule has 1 saturated heterocycles. The summed E-state index contributed by atoms with van der Waals surface area (Å²) in [5, 5.41) is 7.89. The second-order valence-corrected chi connectivity index (χ2v) is 7.74. The van der Waals surface area contributed by atoms with Gasteiger partial charge >= 0.3 is 0 Å². The zero-order chi connectivity index (χ0) is 16.6. The number of carbonyl (C=O) groups is 1. The molecule has 5 nitrogen and oxygen atoms in total. The van der Waals surface area contributed by atoms with Gasteiger partial charge in [-0.15, -0.1) is 0 Å². The summed E-state index contributed by atoms with van der Waals surface area (Å²) in [6, 6.07) is 2.26. The number of aryl methyl sites for hydroxylation is 1. The van der Waals surface area contributed by atoms with E-state index in [1.54, 1.807) is 0 Å². The summed E-state index contributed by atoms with van der Waals surface area (Å²) in [6.45, 7) is 9.21. The van der Waals surface area contributed by atoms with Gasteiger partial charge in [-0.25, -0.2) is 0 Å². The summed E-state index contributed by atoms with van der Waals surface area (Å²) in [5.41, 5.74) is 1.74. The number of likely N-dealkylation sites (N-methyl/N-ethyl adjacent to an activating group) is 1. The zero-order valence-corrected chi connectivity index (χ0v) is 14.9. The van der Waals surface area contributed by atoms with Crippen LogP contribution in [0.2, 0.25) is 0 Å². The Hall–Kier alpha value is -1.36. The third kappa shape index (κ3) is 3.77. The van der Waals surface area contributed by atoms with Crippen molar-refractivity contribution in [3.63, 3.8) is 0 Å². The SMILES string of the molecule is CCn1nc(CC(C)C)cc1C(=O)N[C@@H]1CN(C)C[C@H]1C1CC1. The molecule has 0 unspecified atom stereocenters. The van der Waals surface area contributed by atoms with Gasteiger partial charge in [0.2, 0.25) is 0 Å². The van der Waals surface area contributed by atoms with Crippen molar-refractivity contribution in [3.05, 3.63) is 17.5 Å². The Morgan fingerprint density at radius 2 is 2.13 bits per heavy atom. The second kappa shape index (κ2) is 6.63. The van der Waals surface area contributed by atoms with Crippen LogP contribution >= 0.6 is 0 Å². The van der Waals surface area contributed by atoms with E-state index in [2.05, 4.69) is 36.2 Å². The Morgan fingerprint density at radius 1 is 1.39 bits per heavy atom. The number of aromatic nitrogens is 2. The molecule has 1 aliphatic carbocycles. The molecular weight excluding hydrogens is 288 g/mol. The van der Waals surface area contributed by atoms with Crippen molar-refractivity contribution in [1.29, 1.82) is 0 Å². The van der Waals surface area contributed by atoms with Crippen LogP contribution in [0.1, 0.15) is 49.8 Å². The molecule has 0 radical (unpaired) electrons. The molecule has 5 heteroatoms. The Morgan fingerprint density at radius 3 is 2.74 bits per heavy atom. The fraction of sp³-hybridized carbons (Fsp3) is 0.778. The van der Waals surface area contributed by atoms with Gasteiger partial charge < -0.3 is 10.2 Å². The summed E-state index contributed by atoms with van der Waals surface area (Å²) in [4.78, 5) is 15.1. The summed E-state index contributed by atoms with van der Waals surface area (Å²) in [6.07, 6.45) is 3.58. The smallest absolute Gasteiger partial charge is 0.269 e. The van der Waals surface area contributed by atoms with Gasteiger partial charge in [-0.05, 0) is 57.1 Å². The lowest BCUT2D eigenvalue weighted by molar-refractivity contribution is 0.0917. The van der Waals surface area contributed by atoms with Crippen LogP contribution in [0.5, 0.6) is 0 Å². The van der Waals surface area contributed by atoms with Gasteiger partial charge in [0.15, 0.2) is 0 Å². The van der Waals surface area contributed by atoms with Crippen molar-refractivity contribution in [2.24, 2.45) is 17.8 Å². The van der Waals surface area contributed by atoms with Gasteiger partial charge in [0.25, 0.3) is 5.91 Å². The summed E-state index contributed by atoms with van der Waals surface area (Å²) in [5.74, 6) is 2.03. The maximum atomic E-state index is 12.8. The van der Waals surface area contributed by atoms with E-state index in [-0.39, 0.29) is 11.9 Å². The van der Waals surface area contributed by atoms with Gasteiger partial charge in [-0.1, -0.05) is 13.8 Å². The van der Waals surface area contributed by atoms with Crippen LogP contribution in [0.3, 0.4) is 0 Å². The Kier molecular flexibility index (Phi) is 4.76. The number of amides is 1. The summed E-state index contributed by atoms with van der Waals surface area (Å²) >= 11 is 0. The van der Waals surface area contributed by atoms with E-state index in [9.17, 15) is 4.79 Å². The highest BCUT2D eigenvalue weighted by Crippen LogP contribution is 2.41. The molecule has 2 aliphatic rings. The van der Waals surface area contributed by atoms with Crippen LogP contribution in [0.4, 0.5) is 0 Å². The van der Waals surface area contributed by atoms with E-state index >= 15 is 0 Å². The quantitative estimate of drug-likeness (QED) is 0.874. The monoisotopic (exact) mass is 318 g/mol. The van der Waals surface area contributed by atoms with Gasteiger partial charge in [0.05, 0.1) is 5.69 Å². The molecule has 128 valence electrons. The van der Waals surface area contributed by atoms with E-state index in [1.165, 1.54) is 12.8 Å². The zero-order valence-electron chi connectivity index (χ0n) is 14.9. The highest BCUT2D eigenvalue weighted by molar-refractivity contribution is 5.93. The minimum atomic E-state index is 0.0420. The van der Waals surface area contributed by atoms with E-state index in [1.807, 2.05) is 17.7 Å². The van der Waals surface area contributed by atoms with E-state index in [0.717, 1.165) is 37.7 Å². The first-order chi connectivity index (χ1) is 11.0. The van der Waals surface area contributed by atoms with Crippen LogP contribution in [0.15, 0.2) is 6.07 Å². The molecule has 1 saturated carbocycles. The first-order valence-corrected chi connectivity index (χ1v) is 9.04. The average Bonchev–Trinajstić information content (AvgIpc) is 3.14. The number of nitrogens with one attached hydrogen (secondary N) is 1. The molecule has 3 rings (SSSR count). The third-order valence-corrected chi connectivity index (χ3v) is 5.07. The first-order valence-electron chi connectivity index (χ1n) is 9.04. The lowest BCUT2D eigenvalue weighted by atomic mass is 9.98. The molecule has 0 spiro atoms. The molecular formula is C18H30N4O. The predicted octanol–water partition coefficient (Wildman–Crippen LogP) is 2.17. The standard InChI is InChI=1S/C18H30N4O/c1-5-22-17(9-14(20-22)8-12(2)3)18(23)19-16-11-21(4)10-15(16)13-6-7-13/h9,12-13,15-16H,5-8,10-11H2,1-4H3,(H,19,23)/t15-,16+/m0/s1. The second-order valence-electron chi connectivity index (χ2n) is 7.74. The van der Waals surface area contributed by atoms with Crippen LogP contribution in [0.25, 0.3) is 0 Å². The molecule has 0 bridgehead atoms. The number of hydrogen-bond donors (Lipinski definition) is 1. The van der Waals surface area contributed by atoms with Crippen LogP contribution in [-0.4, -0.2) is 46.8 Å². The Bertz CT molecular complexity index is 561. The fourth-order valence-corrected chi connectivity index (χ4v) is 3.84. The minimum absolute atomic E-state index is 0.0420. The third-order valence-electron chi connectivity index (χ3n) is 5.07. The van der Waals surface area contributed by atoms with E-state index < -0.39 is 0 Å². The van der Waals surface area contributed by atoms with Crippen molar-refractivity contribution in [1.82, 2.24) is 20.0 Å². The van der Waals surface area contributed by atoms with Crippen molar-refractivity contribution >= 4 is 5.91 Å². The van der Waals surface area contributed by atoms with Gasteiger partial charge in [-0.3, -0.25) is 9.48 Å². The van der Waals surface area contributed by atoms with Crippen LogP contribution in [0, 0.1) is 17.8 Å². The lowest BCUT2D eigenvalue weighted by Gasteiger charge is -2.19. The molecule has 2 heterocycles. The van der Waals surface area contributed by atoms with Crippen molar-refractivity contribution < 1.29 is 4.79 Å². The van der Waals surface area contributed by atoms with Crippen molar-refractivity contribution in [2.75, 3.05) is 20.1 Å².